The summed E-state index contributed by atoms with van der Waals surface area (Å²) in [4.78, 5) is 80.7. The first-order chi connectivity index (χ1) is 30.3. The summed E-state index contributed by atoms with van der Waals surface area (Å²) in [6, 6.07) is 41.5. The molecule has 8 rings (SSSR count). The van der Waals surface area contributed by atoms with Crippen molar-refractivity contribution in [3.8, 4) is 0 Å². The zero-order valence-corrected chi connectivity index (χ0v) is 32.6. The van der Waals surface area contributed by atoms with Gasteiger partial charge in [-0.05, 0) is 60.7 Å². The largest absolute Gasteiger partial charge is 0.452 e. The van der Waals surface area contributed by atoms with Gasteiger partial charge in [0, 0.05) is 11.1 Å². The predicted octanol–water partition coefficient (Wildman–Crippen LogP) is 6.51. The molecule has 0 spiro atoms. The average molecular weight is 833 g/mol. The third kappa shape index (κ3) is 9.36. The minimum atomic E-state index is -1.40. The standard InChI is InChI=1S/C46H36N6O10/c53-40(29-16-6-1-7-17-29)48-38-35-39(50-46(49-38)51-41(54)30-18-8-2-9-19-30)52(27-47-35)42-37(62-45(57)33-24-14-5-15-25-33)36(61-44(56)32-22-12-4-13-23-32)34(60-42)26-58-28-59-43(55)31-20-10-3-11-21-31/h1-25,27,34,36-37,42H,26,28H2,(H2,48,49,50,51,53,54). The molecule has 1 aliphatic rings. The number of rotatable bonds is 14. The number of aromatic nitrogens is 4. The zero-order valence-electron chi connectivity index (χ0n) is 32.6. The summed E-state index contributed by atoms with van der Waals surface area (Å²) in [5.74, 6) is -3.49. The molecule has 0 bridgehead atoms. The summed E-state index contributed by atoms with van der Waals surface area (Å²) >= 11 is 0. The van der Waals surface area contributed by atoms with Crippen LogP contribution in [0.3, 0.4) is 0 Å². The van der Waals surface area contributed by atoms with Gasteiger partial charge in [-0.3, -0.25) is 19.5 Å². The van der Waals surface area contributed by atoms with Crippen molar-refractivity contribution >= 4 is 52.7 Å². The van der Waals surface area contributed by atoms with Crippen LogP contribution in [0, 0.1) is 0 Å². The fraction of sp³-hybridized carbons (Fsp3) is 0.130. The number of carbonyl (C=O) groups excluding carboxylic acids is 5. The van der Waals surface area contributed by atoms with Crippen LogP contribution in [0.1, 0.15) is 58.0 Å². The lowest BCUT2D eigenvalue weighted by Gasteiger charge is -2.25. The molecule has 2 amide bonds. The van der Waals surface area contributed by atoms with Gasteiger partial charge in [-0.2, -0.15) is 9.97 Å². The molecular formula is C46H36N6O10. The van der Waals surface area contributed by atoms with E-state index in [1.165, 1.54) is 10.9 Å². The molecule has 0 aliphatic carbocycles. The van der Waals surface area contributed by atoms with E-state index in [9.17, 15) is 24.0 Å². The Kier molecular flexibility index (Phi) is 12.4. The summed E-state index contributed by atoms with van der Waals surface area (Å²) in [6.07, 6.45) is -3.88. The molecule has 1 fully saturated rings. The Morgan fingerprint density at radius 3 is 1.56 bits per heavy atom. The summed E-state index contributed by atoms with van der Waals surface area (Å²) < 4.78 is 31.3. The quantitative estimate of drug-likeness (QED) is 0.0521. The van der Waals surface area contributed by atoms with Crippen molar-refractivity contribution in [3.05, 3.63) is 186 Å². The molecule has 16 heteroatoms. The zero-order chi connectivity index (χ0) is 42.8. The van der Waals surface area contributed by atoms with Crippen molar-refractivity contribution in [1.82, 2.24) is 19.5 Å². The number of amides is 2. The molecule has 1 aliphatic heterocycles. The lowest BCUT2D eigenvalue weighted by molar-refractivity contribution is -0.0982. The van der Waals surface area contributed by atoms with E-state index >= 15 is 0 Å². The summed E-state index contributed by atoms with van der Waals surface area (Å²) in [7, 11) is 0. The minimum absolute atomic E-state index is 0.0315. The van der Waals surface area contributed by atoms with Gasteiger partial charge in [0.25, 0.3) is 11.8 Å². The molecule has 1 saturated heterocycles. The smallest absolute Gasteiger partial charge is 0.340 e. The molecule has 310 valence electrons. The van der Waals surface area contributed by atoms with Crippen LogP contribution < -0.4 is 10.6 Å². The van der Waals surface area contributed by atoms with Crippen molar-refractivity contribution in [2.75, 3.05) is 24.0 Å². The van der Waals surface area contributed by atoms with Gasteiger partial charge in [0.1, 0.15) is 6.10 Å². The maximum absolute atomic E-state index is 13.8. The normalized spacial score (nSPS) is 16.8. The molecule has 2 aromatic heterocycles. The Morgan fingerprint density at radius 1 is 0.565 bits per heavy atom. The van der Waals surface area contributed by atoms with Gasteiger partial charge in [0.05, 0.1) is 29.6 Å². The number of anilines is 2. The molecule has 4 atom stereocenters. The number of hydrogen-bond donors (Lipinski definition) is 2. The Morgan fingerprint density at radius 2 is 1.03 bits per heavy atom. The Bertz CT molecular complexity index is 2690. The van der Waals surface area contributed by atoms with Gasteiger partial charge < -0.3 is 29.0 Å². The number of nitrogens with zero attached hydrogens (tertiary/aromatic N) is 4. The molecular weight excluding hydrogens is 797 g/mol. The van der Waals surface area contributed by atoms with Crippen molar-refractivity contribution in [2.45, 2.75) is 24.5 Å². The van der Waals surface area contributed by atoms with E-state index in [1.807, 2.05) is 0 Å². The monoisotopic (exact) mass is 832 g/mol. The number of ether oxygens (including phenoxy) is 5. The van der Waals surface area contributed by atoms with Gasteiger partial charge in [-0.25, -0.2) is 19.4 Å². The van der Waals surface area contributed by atoms with Crippen LogP contribution in [0.4, 0.5) is 11.8 Å². The summed E-state index contributed by atoms with van der Waals surface area (Å²) in [5.41, 5.74) is 1.45. The maximum Gasteiger partial charge on any atom is 0.340 e. The summed E-state index contributed by atoms with van der Waals surface area (Å²) in [5, 5.41) is 5.45. The fourth-order valence-corrected chi connectivity index (χ4v) is 6.56. The van der Waals surface area contributed by atoms with Gasteiger partial charge in [-0.15, -0.1) is 0 Å². The number of benzene rings is 5. The second-order valence-electron chi connectivity index (χ2n) is 13.7. The number of hydrogen-bond acceptors (Lipinski definition) is 13. The maximum atomic E-state index is 13.8. The van der Waals surface area contributed by atoms with E-state index in [0.717, 1.165) is 0 Å². The number of fused-ring (bicyclic) bond motifs is 1. The highest BCUT2D eigenvalue weighted by Gasteiger charge is 2.51. The van der Waals surface area contributed by atoms with Crippen molar-refractivity contribution in [2.24, 2.45) is 0 Å². The van der Waals surface area contributed by atoms with Gasteiger partial charge >= 0.3 is 17.9 Å². The minimum Gasteiger partial charge on any atom is -0.452 e. The van der Waals surface area contributed by atoms with Crippen molar-refractivity contribution in [1.29, 1.82) is 0 Å². The second kappa shape index (κ2) is 18.9. The second-order valence-corrected chi connectivity index (χ2v) is 13.7. The van der Waals surface area contributed by atoms with E-state index in [0.29, 0.717) is 16.7 Å². The molecule has 62 heavy (non-hydrogen) atoms. The predicted molar refractivity (Wildman–Crippen MR) is 222 cm³/mol. The van der Waals surface area contributed by atoms with Crippen LogP contribution in [-0.4, -0.2) is 81.0 Å². The number of esters is 3. The first-order valence-corrected chi connectivity index (χ1v) is 19.3. The van der Waals surface area contributed by atoms with E-state index in [1.54, 1.807) is 152 Å². The number of carbonyl (C=O) groups is 5. The Labute approximate surface area is 353 Å². The lowest BCUT2D eigenvalue weighted by Crippen LogP contribution is -2.41. The highest BCUT2D eigenvalue weighted by molar-refractivity contribution is 6.08. The first kappa shape index (κ1) is 40.7. The van der Waals surface area contributed by atoms with E-state index in [-0.39, 0.29) is 40.7 Å². The van der Waals surface area contributed by atoms with Crippen LogP contribution in [0.2, 0.25) is 0 Å². The average Bonchev–Trinajstić information content (AvgIpc) is 3.89. The summed E-state index contributed by atoms with van der Waals surface area (Å²) in [6.45, 7) is -0.814. The van der Waals surface area contributed by atoms with Crippen LogP contribution in [0.25, 0.3) is 11.2 Å². The fourth-order valence-electron chi connectivity index (χ4n) is 6.56. The highest BCUT2D eigenvalue weighted by atomic mass is 16.7. The molecule has 2 N–H and O–H groups in total. The van der Waals surface area contributed by atoms with Crippen LogP contribution in [-0.2, 0) is 23.7 Å². The molecule has 7 aromatic rings. The van der Waals surface area contributed by atoms with Crippen LogP contribution in [0.5, 0.6) is 0 Å². The SMILES string of the molecule is O=C(Nc1nc(NC(=O)c2ccccc2)c2ncn(C3OC(COCOC(=O)c4ccccc4)C(OC(=O)c4ccccc4)C3OC(=O)c3ccccc3)c2n1)c1ccccc1. The third-order valence-corrected chi connectivity index (χ3v) is 9.58. The molecule has 0 radical (unpaired) electrons. The molecule has 3 heterocycles. The Balaban J connectivity index is 1.17. The van der Waals surface area contributed by atoms with Crippen LogP contribution >= 0.6 is 0 Å². The van der Waals surface area contributed by atoms with Crippen molar-refractivity contribution < 1.29 is 47.7 Å². The molecule has 5 aromatic carbocycles. The van der Waals surface area contributed by atoms with E-state index < -0.39 is 61.1 Å². The first-order valence-electron chi connectivity index (χ1n) is 19.3. The molecule has 4 unspecified atom stereocenters. The third-order valence-electron chi connectivity index (χ3n) is 9.58. The van der Waals surface area contributed by atoms with Gasteiger partial charge in [0.15, 0.2) is 42.2 Å². The van der Waals surface area contributed by atoms with Gasteiger partial charge in [-0.1, -0.05) is 91.0 Å². The lowest BCUT2D eigenvalue weighted by atomic mass is 10.1. The Hall–Kier alpha value is -8.08. The van der Waals surface area contributed by atoms with Crippen molar-refractivity contribution in [3.63, 3.8) is 0 Å². The topological polar surface area (TPSA) is 199 Å². The molecule has 16 nitrogen and oxygen atoms in total. The number of nitrogens with one attached hydrogen (secondary N) is 2. The van der Waals surface area contributed by atoms with E-state index in [2.05, 4.69) is 25.6 Å². The molecule has 0 saturated carbocycles. The highest BCUT2D eigenvalue weighted by Crippen LogP contribution is 2.38. The van der Waals surface area contributed by atoms with Gasteiger partial charge in [0.2, 0.25) is 5.95 Å². The van der Waals surface area contributed by atoms with E-state index in [4.69, 9.17) is 23.7 Å². The number of imidazole rings is 1. The van der Waals surface area contributed by atoms with Crippen LogP contribution in [0.15, 0.2) is 158 Å².